The molecule has 1 amide bonds. The molecule has 1 atom stereocenters. The molecule has 0 saturated carbocycles. The van der Waals surface area contributed by atoms with E-state index in [0.717, 1.165) is 0 Å². The van der Waals surface area contributed by atoms with Gasteiger partial charge < -0.3 is 10.4 Å². The number of aliphatic hydroxyl groups excluding tert-OH is 1. The van der Waals surface area contributed by atoms with E-state index in [4.69, 9.17) is 0 Å². The van der Waals surface area contributed by atoms with Crippen molar-refractivity contribution < 1.29 is 36.2 Å². The predicted molar refractivity (Wildman–Crippen MR) is 132 cm³/mol. The van der Waals surface area contributed by atoms with Gasteiger partial charge in [-0.15, -0.1) is 0 Å². The Morgan fingerprint density at radius 1 is 0.950 bits per heavy atom. The summed E-state index contributed by atoms with van der Waals surface area (Å²) < 4.78 is 83.8. The number of nitrogens with one attached hydrogen (secondary N) is 1. The van der Waals surface area contributed by atoms with Crippen molar-refractivity contribution in [2.24, 2.45) is 0 Å². The highest BCUT2D eigenvalue weighted by molar-refractivity contribution is 6.09. The van der Waals surface area contributed by atoms with Crippen molar-refractivity contribution in [3.8, 4) is 17.1 Å². The van der Waals surface area contributed by atoms with Crippen LogP contribution in [0.15, 0.2) is 79.1 Å². The molecule has 0 fully saturated rings. The van der Waals surface area contributed by atoms with Crippen LogP contribution in [-0.2, 0) is 6.18 Å². The van der Waals surface area contributed by atoms with Crippen LogP contribution in [0.3, 0.4) is 0 Å². The summed E-state index contributed by atoms with van der Waals surface area (Å²) in [6.07, 6.45) is -7.81. The molecule has 1 unspecified atom stereocenters. The van der Waals surface area contributed by atoms with E-state index in [-0.39, 0.29) is 34.2 Å². The van der Waals surface area contributed by atoms with Gasteiger partial charge in [-0.3, -0.25) is 4.79 Å². The van der Waals surface area contributed by atoms with Gasteiger partial charge in [-0.25, -0.2) is 27.8 Å². The van der Waals surface area contributed by atoms with E-state index in [2.05, 4.69) is 20.4 Å². The van der Waals surface area contributed by atoms with Crippen molar-refractivity contribution in [1.29, 1.82) is 0 Å². The summed E-state index contributed by atoms with van der Waals surface area (Å²) in [5.41, 5.74) is -2.27. The number of fused-ring (bicyclic) bond motifs is 1. The molecule has 5 rings (SSSR count). The number of carbonyl (C=O) groups excluding carboxylic acids is 1. The minimum absolute atomic E-state index is 0.0914. The van der Waals surface area contributed by atoms with E-state index in [1.54, 1.807) is 30.3 Å². The van der Waals surface area contributed by atoms with Crippen LogP contribution in [-0.4, -0.2) is 37.2 Å². The van der Waals surface area contributed by atoms with Crippen LogP contribution in [0.4, 0.5) is 32.2 Å². The summed E-state index contributed by atoms with van der Waals surface area (Å²) >= 11 is 0. The van der Waals surface area contributed by atoms with Crippen LogP contribution in [0.25, 0.3) is 28.0 Å². The highest BCUT2D eigenvalue weighted by Gasteiger charge is 2.36. The highest BCUT2D eigenvalue weighted by atomic mass is 19.4. The van der Waals surface area contributed by atoms with E-state index in [0.29, 0.717) is 11.8 Å². The third kappa shape index (κ3) is 5.10. The Kier molecular flexibility index (Phi) is 6.98. The van der Waals surface area contributed by atoms with E-state index < -0.39 is 47.1 Å². The fourth-order valence-electron chi connectivity index (χ4n) is 4.09. The minimum Gasteiger partial charge on any atom is -0.382 e. The number of halogens is 6. The third-order valence-electron chi connectivity index (χ3n) is 5.97. The molecule has 0 aliphatic rings. The smallest absolute Gasteiger partial charge is 0.382 e. The lowest BCUT2D eigenvalue weighted by Gasteiger charge is -2.15. The molecule has 0 aliphatic heterocycles. The lowest BCUT2D eigenvalue weighted by molar-refractivity contribution is -0.137. The topological polar surface area (TPSA) is 92.9 Å². The van der Waals surface area contributed by atoms with Crippen molar-refractivity contribution in [3.63, 3.8) is 0 Å². The van der Waals surface area contributed by atoms with Crippen molar-refractivity contribution in [2.75, 3.05) is 5.32 Å². The number of alkyl halides is 5. The number of carbonyl (C=O) groups is 1. The summed E-state index contributed by atoms with van der Waals surface area (Å²) in [7, 11) is 0. The number of nitrogens with zero attached hydrogens (tertiary/aromatic N) is 4. The standard InChI is InChI=1S/C27H17F6N5O2/c28-20-13-19(27(31,32)33)16(24-34-9-4-10-35-24)12-17(20)26(40)36-25-18-11-14(22(39)23(29)30)7-8-21(18)37-38(25)15-5-2-1-3-6-15/h1-13,22-23,39H,(H,36,40). The predicted octanol–water partition coefficient (Wildman–Crippen LogP) is 6.19. The van der Waals surface area contributed by atoms with Gasteiger partial charge in [0.05, 0.1) is 22.3 Å². The Balaban J connectivity index is 1.65. The number of hydrogen-bond acceptors (Lipinski definition) is 5. The van der Waals surface area contributed by atoms with Crippen molar-refractivity contribution in [2.45, 2.75) is 18.7 Å². The maximum atomic E-state index is 15.0. The number of amides is 1. The van der Waals surface area contributed by atoms with Gasteiger partial charge in [-0.2, -0.15) is 18.3 Å². The zero-order valence-electron chi connectivity index (χ0n) is 20.1. The third-order valence-corrected chi connectivity index (χ3v) is 5.97. The Morgan fingerprint density at radius 2 is 1.65 bits per heavy atom. The van der Waals surface area contributed by atoms with E-state index in [9.17, 15) is 31.9 Å². The lowest BCUT2D eigenvalue weighted by Crippen LogP contribution is -2.19. The van der Waals surface area contributed by atoms with E-state index in [1.807, 2.05) is 0 Å². The molecule has 0 bridgehead atoms. The number of hydrogen-bond donors (Lipinski definition) is 2. The second-order valence-electron chi connectivity index (χ2n) is 8.55. The molecule has 204 valence electrons. The Bertz CT molecular complexity index is 1690. The number of rotatable bonds is 6. The van der Waals surface area contributed by atoms with Gasteiger partial charge >= 0.3 is 6.18 Å². The normalized spacial score (nSPS) is 12.6. The molecule has 13 heteroatoms. The molecule has 0 saturated heterocycles. The first-order chi connectivity index (χ1) is 19.0. The zero-order chi connectivity index (χ0) is 28.6. The van der Waals surface area contributed by atoms with E-state index >= 15 is 4.39 Å². The molecule has 40 heavy (non-hydrogen) atoms. The van der Waals surface area contributed by atoms with Crippen LogP contribution in [0.2, 0.25) is 0 Å². The first-order valence-corrected chi connectivity index (χ1v) is 11.6. The van der Waals surface area contributed by atoms with Crippen LogP contribution in [0.1, 0.15) is 27.6 Å². The first kappa shape index (κ1) is 26.8. The maximum absolute atomic E-state index is 15.0. The van der Waals surface area contributed by atoms with Crippen LogP contribution in [0, 0.1) is 5.82 Å². The Morgan fingerprint density at radius 3 is 2.30 bits per heavy atom. The van der Waals surface area contributed by atoms with Gasteiger partial charge in [0.2, 0.25) is 0 Å². The molecule has 2 aromatic heterocycles. The SMILES string of the molecule is O=C(Nc1c2cc(C(O)C(F)F)ccc2nn1-c1ccccc1)c1cc(-c2ncccn2)c(C(F)(F)F)cc1F. The Hall–Kier alpha value is -4.78. The highest BCUT2D eigenvalue weighted by Crippen LogP contribution is 2.38. The molecule has 3 aromatic carbocycles. The van der Waals surface area contributed by atoms with Gasteiger partial charge in [-0.05, 0) is 48.0 Å². The van der Waals surface area contributed by atoms with Gasteiger partial charge in [0.15, 0.2) is 5.82 Å². The number of para-hydroxylation sites is 1. The largest absolute Gasteiger partial charge is 0.417 e. The van der Waals surface area contributed by atoms with Gasteiger partial charge in [0.25, 0.3) is 12.3 Å². The second kappa shape index (κ2) is 10.4. The number of benzene rings is 3. The number of anilines is 1. The van der Waals surface area contributed by atoms with Crippen molar-refractivity contribution in [3.05, 3.63) is 102 Å². The van der Waals surface area contributed by atoms with Crippen molar-refractivity contribution >= 4 is 22.6 Å². The molecule has 7 nitrogen and oxygen atoms in total. The molecule has 2 heterocycles. The molecule has 0 radical (unpaired) electrons. The fraction of sp³-hybridized carbons (Fsp3) is 0.111. The number of aromatic nitrogens is 4. The van der Waals surface area contributed by atoms with E-state index in [1.165, 1.54) is 41.3 Å². The lowest BCUT2D eigenvalue weighted by atomic mass is 10.0. The molecular formula is C27H17F6N5O2. The zero-order valence-corrected chi connectivity index (χ0v) is 20.1. The molecule has 2 N–H and O–H groups in total. The van der Waals surface area contributed by atoms with Crippen molar-refractivity contribution in [1.82, 2.24) is 19.7 Å². The quantitative estimate of drug-likeness (QED) is 0.243. The summed E-state index contributed by atoms with van der Waals surface area (Å²) in [6, 6.07) is 14.4. The van der Waals surface area contributed by atoms with Crippen LogP contribution in [0.5, 0.6) is 0 Å². The fourth-order valence-corrected chi connectivity index (χ4v) is 4.09. The van der Waals surface area contributed by atoms with Gasteiger partial charge in [0.1, 0.15) is 17.7 Å². The van der Waals surface area contributed by atoms with Crippen LogP contribution < -0.4 is 5.32 Å². The second-order valence-corrected chi connectivity index (χ2v) is 8.55. The molecule has 5 aromatic rings. The number of aliphatic hydroxyl groups is 1. The molecule has 0 aliphatic carbocycles. The summed E-state index contributed by atoms with van der Waals surface area (Å²) in [5, 5.41) is 16.8. The average Bonchev–Trinajstić information content (AvgIpc) is 3.30. The van der Waals surface area contributed by atoms with Crippen LogP contribution >= 0.6 is 0 Å². The van der Waals surface area contributed by atoms with Gasteiger partial charge in [-0.1, -0.05) is 24.3 Å². The summed E-state index contributed by atoms with van der Waals surface area (Å²) in [4.78, 5) is 20.9. The first-order valence-electron chi connectivity index (χ1n) is 11.6. The Labute approximate surface area is 221 Å². The van der Waals surface area contributed by atoms with Gasteiger partial charge in [0, 0.05) is 23.3 Å². The molecular weight excluding hydrogens is 540 g/mol. The average molecular weight is 557 g/mol. The summed E-state index contributed by atoms with van der Waals surface area (Å²) in [5.74, 6) is -3.09. The maximum Gasteiger partial charge on any atom is 0.417 e. The molecule has 0 spiro atoms. The monoisotopic (exact) mass is 557 g/mol. The minimum atomic E-state index is -4.98. The summed E-state index contributed by atoms with van der Waals surface area (Å²) in [6.45, 7) is 0.